The van der Waals surface area contributed by atoms with Gasteiger partial charge in [0.1, 0.15) is 12.4 Å². The number of carbonyl (C=O) groups excluding carboxylic acids is 1. The van der Waals surface area contributed by atoms with Gasteiger partial charge in [-0.15, -0.1) is 0 Å². The van der Waals surface area contributed by atoms with Crippen LogP contribution < -0.4 is 10.2 Å². The Morgan fingerprint density at radius 1 is 1.19 bits per heavy atom. The van der Waals surface area contributed by atoms with Crippen molar-refractivity contribution in [2.45, 2.75) is 53.1 Å². The highest BCUT2D eigenvalue weighted by molar-refractivity contribution is 5.88. The smallest absolute Gasteiger partial charge is 0.417 e. The van der Waals surface area contributed by atoms with Crippen molar-refractivity contribution in [3.8, 4) is 5.69 Å². The number of carbonyl (C=O) groups is 1. The van der Waals surface area contributed by atoms with Crippen LogP contribution in [0.3, 0.4) is 0 Å². The van der Waals surface area contributed by atoms with Gasteiger partial charge < -0.3 is 14.6 Å². The first-order chi connectivity index (χ1) is 14.9. The topological polar surface area (TPSA) is 98.1 Å². The zero-order chi connectivity index (χ0) is 22.1. The first-order valence-corrected chi connectivity index (χ1v) is 10.4. The van der Waals surface area contributed by atoms with E-state index < -0.39 is 6.09 Å². The summed E-state index contributed by atoms with van der Waals surface area (Å²) in [6.45, 7) is 10.3. The minimum absolute atomic E-state index is 0.0757. The zero-order valence-electron chi connectivity index (χ0n) is 18.5. The van der Waals surface area contributed by atoms with Crippen molar-refractivity contribution < 1.29 is 9.53 Å². The molecule has 2 atom stereocenters. The van der Waals surface area contributed by atoms with Gasteiger partial charge in [-0.25, -0.2) is 14.7 Å². The number of nitrogens with zero attached hydrogens (tertiary/aromatic N) is 6. The SMILES string of the molecule is CC[C@H]1COC(=O)N1c1nc(C)nc(N[C@@H](C)c2cn(-c3ccc(C)c(C)c3)cn2)n1. The second kappa shape index (κ2) is 8.33. The molecule has 0 radical (unpaired) electrons. The Hall–Kier alpha value is -3.49. The van der Waals surface area contributed by atoms with E-state index in [0.717, 1.165) is 17.8 Å². The summed E-state index contributed by atoms with van der Waals surface area (Å²) in [7, 11) is 0. The number of rotatable bonds is 6. The minimum Gasteiger partial charge on any atom is -0.447 e. The number of hydrogen-bond acceptors (Lipinski definition) is 7. The molecular formula is C22H27N7O2. The van der Waals surface area contributed by atoms with Crippen molar-refractivity contribution in [2.75, 3.05) is 16.8 Å². The molecule has 1 aromatic carbocycles. The highest BCUT2D eigenvalue weighted by atomic mass is 16.6. The van der Waals surface area contributed by atoms with Crippen molar-refractivity contribution in [1.29, 1.82) is 0 Å². The van der Waals surface area contributed by atoms with Crippen molar-refractivity contribution in [3.05, 3.63) is 53.4 Å². The van der Waals surface area contributed by atoms with Gasteiger partial charge >= 0.3 is 6.09 Å². The summed E-state index contributed by atoms with van der Waals surface area (Å²) in [6.07, 6.45) is 4.12. The third kappa shape index (κ3) is 4.21. The van der Waals surface area contributed by atoms with Crippen LogP contribution in [-0.2, 0) is 4.74 Å². The highest BCUT2D eigenvalue weighted by Crippen LogP contribution is 2.24. The maximum absolute atomic E-state index is 12.2. The van der Waals surface area contributed by atoms with Gasteiger partial charge in [0.05, 0.1) is 24.1 Å². The third-order valence-corrected chi connectivity index (χ3v) is 5.56. The lowest BCUT2D eigenvalue weighted by molar-refractivity contribution is 0.178. The Bertz CT molecular complexity index is 1110. The van der Waals surface area contributed by atoms with Crippen LogP contribution >= 0.6 is 0 Å². The van der Waals surface area contributed by atoms with E-state index in [0.29, 0.717) is 24.3 Å². The average molecular weight is 422 g/mol. The van der Waals surface area contributed by atoms with Crippen molar-refractivity contribution in [3.63, 3.8) is 0 Å². The van der Waals surface area contributed by atoms with E-state index in [1.807, 2.05) is 24.6 Å². The number of nitrogens with one attached hydrogen (secondary N) is 1. The fourth-order valence-corrected chi connectivity index (χ4v) is 3.50. The molecule has 0 unspecified atom stereocenters. The van der Waals surface area contributed by atoms with Crippen molar-refractivity contribution in [1.82, 2.24) is 24.5 Å². The van der Waals surface area contributed by atoms with E-state index >= 15 is 0 Å². The minimum atomic E-state index is -0.427. The molecule has 3 aromatic rings. The van der Waals surface area contributed by atoms with Crippen LogP contribution in [0, 0.1) is 20.8 Å². The van der Waals surface area contributed by atoms with Gasteiger partial charge in [0.25, 0.3) is 0 Å². The molecule has 0 saturated carbocycles. The Labute approximate surface area is 181 Å². The van der Waals surface area contributed by atoms with Crippen LogP contribution in [0.25, 0.3) is 5.69 Å². The van der Waals surface area contributed by atoms with E-state index in [1.54, 1.807) is 13.3 Å². The van der Waals surface area contributed by atoms with Crippen LogP contribution in [0.5, 0.6) is 0 Å². The molecule has 1 saturated heterocycles. The van der Waals surface area contributed by atoms with E-state index in [2.05, 4.69) is 57.3 Å². The molecule has 162 valence electrons. The van der Waals surface area contributed by atoms with Gasteiger partial charge in [-0.2, -0.15) is 15.0 Å². The molecule has 3 heterocycles. The van der Waals surface area contributed by atoms with Gasteiger partial charge in [0.2, 0.25) is 11.9 Å². The molecule has 0 aliphatic carbocycles. The number of benzene rings is 1. The maximum Gasteiger partial charge on any atom is 0.417 e. The number of amides is 1. The summed E-state index contributed by atoms with van der Waals surface area (Å²) in [5.41, 5.74) is 4.40. The fourth-order valence-electron chi connectivity index (χ4n) is 3.50. The largest absolute Gasteiger partial charge is 0.447 e. The van der Waals surface area contributed by atoms with E-state index in [4.69, 9.17) is 4.74 Å². The Morgan fingerprint density at radius 3 is 2.74 bits per heavy atom. The Balaban J connectivity index is 1.54. The monoisotopic (exact) mass is 421 g/mol. The maximum atomic E-state index is 12.2. The predicted octanol–water partition coefficient (Wildman–Crippen LogP) is 3.89. The van der Waals surface area contributed by atoms with Crippen LogP contribution in [-0.4, -0.2) is 43.2 Å². The molecule has 0 spiro atoms. The quantitative estimate of drug-likeness (QED) is 0.645. The van der Waals surface area contributed by atoms with Gasteiger partial charge in [0.15, 0.2) is 0 Å². The molecule has 9 heteroatoms. The van der Waals surface area contributed by atoms with Crippen LogP contribution in [0.4, 0.5) is 16.7 Å². The van der Waals surface area contributed by atoms with E-state index in [9.17, 15) is 4.79 Å². The van der Waals surface area contributed by atoms with Crippen LogP contribution in [0.2, 0.25) is 0 Å². The Morgan fingerprint density at radius 2 is 2.00 bits per heavy atom. The molecule has 1 fully saturated rings. The lowest BCUT2D eigenvalue weighted by Crippen LogP contribution is -2.34. The summed E-state index contributed by atoms with van der Waals surface area (Å²) in [4.78, 5) is 31.4. The standard InChI is InChI=1S/C22H27N7O2/c1-6-17-11-31-22(30)29(17)21-26-16(5)25-20(27-21)24-15(4)19-10-28(12-23-19)18-8-7-13(2)14(3)9-18/h7-10,12,15,17H,6,11H2,1-5H3,(H,24,25,26,27)/t15-,17-/m0/s1. The molecule has 1 aliphatic rings. The normalized spacial score (nSPS) is 17.0. The lowest BCUT2D eigenvalue weighted by Gasteiger charge is -2.19. The van der Waals surface area contributed by atoms with Gasteiger partial charge in [0, 0.05) is 11.9 Å². The predicted molar refractivity (Wildman–Crippen MR) is 118 cm³/mol. The Kier molecular flexibility index (Phi) is 5.58. The molecule has 1 aliphatic heterocycles. The van der Waals surface area contributed by atoms with Gasteiger partial charge in [-0.3, -0.25) is 0 Å². The van der Waals surface area contributed by atoms with Crippen LogP contribution in [0.1, 0.15) is 49.0 Å². The molecule has 2 aromatic heterocycles. The van der Waals surface area contributed by atoms with Crippen molar-refractivity contribution in [2.24, 2.45) is 0 Å². The van der Waals surface area contributed by atoms with Gasteiger partial charge in [-0.1, -0.05) is 13.0 Å². The third-order valence-electron chi connectivity index (χ3n) is 5.56. The van der Waals surface area contributed by atoms with Crippen LogP contribution in [0.15, 0.2) is 30.7 Å². The van der Waals surface area contributed by atoms with Crippen molar-refractivity contribution >= 4 is 18.0 Å². The average Bonchev–Trinajstić information content (AvgIpc) is 3.36. The number of cyclic esters (lactones) is 1. The highest BCUT2D eigenvalue weighted by Gasteiger charge is 2.35. The second-order valence-electron chi connectivity index (χ2n) is 7.86. The number of hydrogen-bond donors (Lipinski definition) is 1. The number of ether oxygens (including phenoxy) is 1. The fraction of sp³-hybridized carbons (Fsp3) is 0.409. The zero-order valence-corrected chi connectivity index (χ0v) is 18.5. The second-order valence-corrected chi connectivity index (χ2v) is 7.86. The summed E-state index contributed by atoms with van der Waals surface area (Å²) >= 11 is 0. The molecule has 0 bridgehead atoms. The van der Waals surface area contributed by atoms with Gasteiger partial charge in [-0.05, 0) is 57.4 Å². The van der Waals surface area contributed by atoms with E-state index in [1.165, 1.54) is 16.0 Å². The lowest BCUT2D eigenvalue weighted by atomic mass is 10.1. The number of anilines is 2. The summed E-state index contributed by atoms with van der Waals surface area (Å²) < 4.78 is 7.16. The first-order valence-electron chi connectivity index (χ1n) is 10.4. The molecule has 9 nitrogen and oxygen atoms in total. The summed E-state index contributed by atoms with van der Waals surface area (Å²) in [6, 6.07) is 6.10. The first kappa shape index (κ1) is 20.8. The number of aromatic nitrogens is 5. The molecule has 4 rings (SSSR count). The number of aryl methyl sites for hydroxylation is 3. The molecule has 1 N–H and O–H groups in total. The van der Waals surface area contributed by atoms with E-state index in [-0.39, 0.29) is 12.1 Å². The number of imidazole rings is 1. The molecule has 1 amide bonds. The molecule has 31 heavy (non-hydrogen) atoms. The summed E-state index contributed by atoms with van der Waals surface area (Å²) in [5.74, 6) is 1.22. The summed E-state index contributed by atoms with van der Waals surface area (Å²) in [5, 5.41) is 3.28. The molecular weight excluding hydrogens is 394 g/mol.